The van der Waals surface area contributed by atoms with Gasteiger partial charge in [0.25, 0.3) is 11.8 Å². The molecule has 1 aromatic carbocycles. The zero-order valence-corrected chi connectivity index (χ0v) is 22.5. The molecule has 2 aliphatic rings. The van der Waals surface area contributed by atoms with Crippen LogP contribution in [0.1, 0.15) is 53.2 Å². The number of aromatic nitrogens is 2. The van der Waals surface area contributed by atoms with Crippen molar-refractivity contribution >= 4 is 17.7 Å². The Labute approximate surface area is 223 Å². The van der Waals surface area contributed by atoms with Crippen LogP contribution in [0.4, 0.5) is 4.39 Å². The first-order chi connectivity index (χ1) is 18.2. The van der Waals surface area contributed by atoms with E-state index in [0.29, 0.717) is 6.54 Å². The Morgan fingerprint density at radius 3 is 2.37 bits per heavy atom. The van der Waals surface area contributed by atoms with Crippen molar-refractivity contribution in [3.63, 3.8) is 0 Å². The molecule has 2 aliphatic heterocycles. The summed E-state index contributed by atoms with van der Waals surface area (Å²) < 4.78 is 14.6. The van der Waals surface area contributed by atoms with Gasteiger partial charge in [-0.3, -0.25) is 19.1 Å². The van der Waals surface area contributed by atoms with Gasteiger partial charge >= 0.3 is 0 Å². The molecular formula is C27H38FN7O3. The molecule has 3 amide bonds. The molecule has 2 aromatic rings. The summed E-state index contributed by atoms with van der Waals surface area (Å²) in [6.07, 6.45) is 2.01. The molecule has 1 fully saturated rings. The second kappa shape index (κ2) is 12.0. The number of benzene rings is 1. The molecule has 1 unspecified atom stereocenters. The van der Waals surface area contributed by atoms with Crippen LogP contribution in [0, 0.1) is 5.82 Å². The van der Waals surface area contributed by atoms with Gasteiger partial charge < -0.3 is 25.3 Å². The summed E-state index contributed by atoms with van der Waals surface area (Å²) in [5, 5.41) is 10.1. The highest BCUT2D eigenvalue weighted by Crippen LogP contribution is 2.26. The van der Waals surface area contributed by atoms with Crippen molar-refractivity contribution in [1.29, 1.82) is 0 Å². The van der Waals surface area contributed by atoms with E-state index in [1.807, 2.05) is 0 Å². The summed E-state index contributed by atoms with van der Waals surface area (Å²) >= 11 is 0. The van der Waals surface area contributed by atoms with Crippen LogP contribution < -0.4 is 10.6 Å². The molecule has 2 N–H and O–H groups in total. The fraction of sp³-hybridized carbons (Fsp3) is 0.556. The molecule has 4 rings (SSSR count). The van der Waals surface area contributed by atoms with Crippen LogP contribution >= 0.6 is 0 Å². The largest absolute Gasteiger partial charge is 0.351 e. The molecule has 0 bridgehead atoms. The monoisotopic (exact) mass is 527 g/mol. The standard InChI is InChI=1S/C27H38FN7O3/c1-4-11-33-13-15-34(16-14-33)12-5-10-29-24(36)22-17-23-25(37)32(3)27(2,19-35(23)31-22)26(38)30-18-20-6-8-21(28)9-7-20/h6-9,17H,4-5,10-16,18-19H2,1-3H3,(H,29,36)(H,30,38). The lowest BCUT2D eigenvalue weighted by Crippen LogP contribution is -2.62. The normalized spacial score (nSPS) is 20.3. The smallest absolute Gasteiger partial charge is 0.272 e. The van der Waals surface area contributed by atoms with E-state index >= 15 is 0 Å². The number of piperazine rings is 1. The van der Waals surface area contributed by atoms with E-state index in [-0.39, 0.29) is 48.0 Å². The van der Waals surface area contributed by atoms with Crippen molar-refractivity contribution < 1.29 is 18.8 Å². The fourth-order valence-electron chi connectivity index (χ4n) is 4.96. The van der Waals surface area contributed by atoms with E-state index in [0.717, 1.165) is 51.3 Å². The molecule has 10 nitrogen and oxygen atoms in total. The van der Waals surface area contributed by atoms with Gasteiger partial charge in [0.2, 0.25) is 5.91 Å². The number of halogens is 1. The number of likely N-dealkylation sites (N-methyl/N-ethyl adjacent to an activating group) is 1. The summed E-state index contributed by atoms with van der Waals surface area (Å²) in [6, 6.07) is 7.33. The number of nitrogens with one attached hydrogen (secondary N) is 2. The van der Waals surface area contributed by atoms with E-state index in [2.05, 4.69) is 32.5 Å². The third-order valence-electron chi connectivity index (χ3n) is 7.53. The number of hydrogen-bond donors (Lipinski definition) is 2. The number of rotatable bonds is 10. The van der Waals surface area contributed by atoms with Crippen molar-refractivity contribution in [3.8, 4) is 0 Å². The summed E-state index contributed by atoms with van der Waals surface area (Å²) in [5.41, 5.74) is -0.0340. The van der Waals surface area contributed by atoms with Gasteiger partial charge in [0.15, 0.2) is 5.69 Å². The van der Waals surface area contributed by atoms with Gasteiger partial charge in [-0.25, -0.2) is 4.39 Å². The molecule has 1 atom stereocenters. The van der Waals surface area contributed by atoms with Gasteiger partial charge in [0, 0.05) is 52.4 Å². The minimum absolute atomic E-state index is 0.108. The molecule has 11 heteroatoms. The molecule has 0 aliphatic carbocycles. The Balaban J connectivity index is 1.29. The Bertz CT molecular complexity index is 1140. The van der Waals surface area contributed by atoms with Crippen LogP contribution in [-0.4, -0.2) is 101 Å². The number of nitrogens with zero attached hydrogens (tertiary/aromatic N) is 5. The molecule has 1 aromatic heterocycles. The van der Waals surface area contributed by atoms with Gasteiger partial charge in [-0.15, -0.1) is 0 Å². The van der Waals surface area contributed by atoms with E-state index in [4.69, 9.17) is 0 Å². The Morgan fingerprint density at radius 2 is 1.71 bits per heavy atom. The first-order valence-electron chi connectivity index (χ1n) is 13.3. The van der Waals surface area contributed by atoms with E-state index in [9.17, 15) is 18.8 Å². The zero-order chi connectivity index (χ0) is 27.3. The topological polar surface area (TPSA) is 103 Å². The SMILES string of the molecule is CCCN1CCN(CCCNC(=O)c2cc3n(n2)CC(C)(C(=O)NCc2ccc(F)cc2)N(C)C3=O)CC1. The van der Waals surface area contributed by atoms with Gasteiger partial charge in [-0.05, 0) is 50.6 Å². The quantitative estimate of drug-likeness (QED) is 0.452. The first kappa shape index (κ1) is 27.7. The van der Waals surface area contributed by atoms with Crippen LogP contribution in [0.15, 0.2) is 30.3 Å². The second-order valence-corrected chi connectivity index (χ2v) is 10.3. The van der Waals surface area contributed by atoms with Crippen molar-refractivity contribution in [2.75, 3.05) is 52.9 Å². The maximum Gasteiger partial charge on any atom is 0.272 e. The number of carbonyl (C=O) groups is 3. The summed E-state index contributed by atoms with van der Waals surface area (Å²) in [7, 11) is 1.57. The predicted octanol–water partition coefficient (Wildman–Crippen LogP) is 1.33. The van der Waals surface area contributed by atoms with Gasteiger partial charge in [0.1, 0.15) is 17.1 Å². The maximum absolute atomic E-state index is 13.2. The van der Waals surface area contributed by atoms with Gasteiger partial charge in [0.05, 0.1) is 6.54 Å². The summed E-state index contributed by atoms with van der Waals surface area (Å²) in [6.45, 7) is 11.0. The number of fused-ring (bicyclic) bond motifs is 1. The van der Waals surface area contributed by atoms with Crippen LogP contribution in [0.25, 0.3) is 0 Å². The highest BCUT2D eigenvalue weighted by atomic mass is 19.1. The predicted molar refractivity (Wildman–Crippen MR) is 141 cm³/mol. The van der Waals surface area contributed by atoms with Gasteiger partial charge in [-0.2, -0.15) is 5.10 Å². The highest BCUT2D eigenvalue weighted by molar-refractivity contribution is 6.01. The summed E-state index contributed by atoms with van der Waals surface area (Å²) in [5.74, 6) is -1.43. The minimum atomic E-state index is -1.20. The molecule has 1 saturated heterocycles. The lowest BCUT2D eigenvalue weighted by molar-refractivity contribution is -0.132. The van der Waals surface area contributed by atoms with Crippen molar-refractivity contribution in [2.45, 2.75) is 45.3 Å². The minimum Gasteiger partial charge on any atom is -0.351 e. The molecule has 0 saturated carbocycles. The molecule has 3 heterocycles. The summed E-state index contributed by atoms with van der Waals surface area (Å²) in [4.78, 5) is 45.2. The fourth-order valence-corrected chi connectivity index (χ4v) is 4.96. The lowest BCUT2D eigenvalue weighted by Gasteiger charge is -2.40. The lowest BCUT2D eigenvalue weighted by atomic mass is 9.96. The van der Waals surface area contributed by atoms with Crippen LogP contribution in [0.2, 0.25) is 0 Å². The zero-order valence-electron chi connectivity index (χ0n) is 22.5. The van der Waals surface area contributed by atoms with E-state index < -0.39 is 5.54 Å². The van der Waals surface area contributed by atoms with Crippen LogP contribution in [-0.2, 0) is 17.9 Å². The third kappa shape index (κ3) is 6.21. The molecule has 0 spiro atoms. The van der Waals surface area contributed by atoms with Crippen molar-refractivity contribution in [1.82, 2.24) is 35.1 Å². The Morgan fingerprint density at radius 1 is 1.05 bits per heavy atom. The molecule has 38 heavy (non-hydrogen) atoms. The van der Waals surface area contributed by atoms with E-state index in [1.54, 1.807) is 26.1 Å². The highest BCUT2D eigenvalue weighted by Gasteiger charge is 2.46. The van der Waals surface area contributed by atoms with Crippen molar-refractivity contribution in [3.05, 3.63) is 53.1 Å². The van der Waals surface area contributed by atoms with Gasteiger partial charge in [-0.1, -0.05) is 19.1 Å². The number of hydrogen-bond acceptors (Lipinski definition) is 6. The van der Waals surface area contributed by atoms with Crippen LogP contribution in [0.5, 0.6) is 0 Å². The first-order valence-corrected chi connectivity index (χ1v) is 13.3. The Kier molecular flexibility index (Phi) is 8.78. The maximum atomic E-state index is 13.2. The van der Waals surface area contributed by atoms with Crippen LogP contribution in [0.3, 0.4) is 0 Å². The number of carbonyl (C=O) groups excluding carboxylic acids is 3. The molecular weight excluding hydrogens is 489 g/mol. The third-order valence-corrected chi connectivity index (χ3v) is 7.53. The average molecular weight is 528 g/mol. The Hall–Kier alpha value is -3.31. The second-order valence-electron chi connectivity index (χ2n) is 10.3. The molecule has 206 valence electrons. The average Bonchev–Trinajstić information content (AvgIpc) is 3.34. The van der Waals surface area contributed by atoms with Crippen molar-refractivity contribution in [2.24, 2.45) is 0 Å². The molecule has 0 radical (unpaired) electrons. The number of amides is 3. The van der Waals surface area contributed by atoms with E-state index in [1.165, 1.54) is 34.2 Å².